The number of hydrogen-bond acceptors (Lipinski definition) is 8. The van der Waals surface area contributed by atoms with Gasteiger partial charge in [-0.25, -0.2) is 4.79 Å². The van der Waals surface area contributed by atoms with E-state index in [1.807, 2.05) is 21.1 Å². The second kappa shape index (κ2) is 36.7. The van der Waals surface area contributed by atoms with E-state index in [1.165, 1.54) is 83.5 Å². The molecule has 0 aromatic heterocycles. The van der Waals surface area contributed by atoms with Crippen molar-refractivity contribution in [2.45, 2.75) is 174 Å². The van der Waals surface area contributed by atoms with Gasteiger partial charge >= 0.3 is 11.9 Å². The number of hydrogen-bond donors (Lipinski definition) is 0. The molecule has 314 valence electrons. The number of likely N-dealkylation sites (N-methyl/N-ethyl adjacent to an activating group) is 1. The van der Waals surface area contributed by atoms with Crippen LogP contribution in [0.25, 0.3) is 0 Å². The van der Waals surface area contributed by atoms with Crippen molar-refractivity contribution in [1.29, 1.82) is 0 Å². The number of phosphoric ester groups is 1. The second-order valence-electron chi connectivity index (χ2n) is 15.3. The Morgan fingerprint density at radius 2 is 1.04 bits per heavy atom. The number of phosphoric acid groups is 1. The molecule has 0 aliphatic carbocycles. The van der Waals surface area contributed by atoms with E-state index in [-0.39, 0.29) is 19.6 Å². The molecule has 0 saturated carbocycles. The van der Waals surface area contributed by atoms with Gasteiger partial charge < -0.3 is 27.9 Å². The molecule has 0 fully saturated rings. The SMILES string of the molecule is CCCCC/C=C\C/C=C\C/C=C\C/C=C\CCCCO[C@@H](COP(=O)([O-])OCC[N+](C)(C)C)C(=O)OC(=O)CCCCCCCCCCCCCCC. The highest BCUT2D eigenvalue weighted by Crippen LogP contribution is 2.38. The van der Waals surface area contributed by atoms with Crippen LogP contribution in [0.5, 0.6) is 0 Å². The smallest absolute Gasteiger partial charge is 0.345 e. The molecule has 0 rings (SSSR count). The summed E-state index contributed by atoms with van der Waals surface area (Å²) in [5.41, 5.74) is 0. The lowest BCUT2D eigenvalue weighted by molar-refractivity contribution is -0.870. The molecule has 0 radical (unpaired) electrons. The number of rotatable bonds is 38. The molecule has 0 aromatic carbocycles. The Balaban J connectivity index is 4.49. The third-order valence-corrected chi connectivity index (χ3v) is 9.86. The standard InChI is InChI=1S/C44H80NO8P/c1-6-8-10-12-14-16-18-20-21-22-23-24-26-28-30-32-34-36-39-50-42(41-52-54(48,49)51-40-38-45(3,4)5)44(47)53-43(46)37-35-33-31-29-27-25-19-17-15-13-11-9-7-2/h14,16,20-21,23-24,28,30,42H,6-13,15,17-19,22,25-27,29,31-41H2,1-5H3/b16-14-,21-20-,24-23-,30-28-/t42-/m0/s1. The summed E-state index contributed by atoms with van der Waals surface area (Å²) in [7, 11) is 1.06. The largest absolute Gasteiger partial charge is 0.756 e. The van der Waals surface area contributed by atoms with Gasteiger partial charge in [-0.05, 0) is 57.8 Å². The maximum Gasteiger partial charge on any atom is 0.345 e. The number of carbonyl (C=O) groups is 2. The molecular weight excluding hydrogens is 701 g/mol. The second-order valence-corrected chi connectivity index (χ2v) is 16.7. The van der Waals surface area contributed by atoms with Crippen LogP contribution in [0.1, 0.15) is 168 Å². The first kappa shape index (κ1) is 52.1. The Bertz CT molecular complexity index is 1070. The highest BCUT2D eigenvalue weighted by atomic mass is 31.2. The van der Waals surface area contributed by atoms with Gasteiger partial charge in [-0.15, -0.1) is 0 Å². The van der Waals surface area contributed by atoms with E-state index in [1.54, 1.807) is 0 Å². The molecule has 0 aliphatic rings. The van der Waals surface area contributed by atoms with Gasteiger partial charge in [0, 0.05) is 13.0 Å². The van der Waals surface area contributed by atoms with Crippen molar-refractivity contribution in [3.8, 4) is 0 Å². The molecule has 0 spiro atoms. The van der Waals surface area contributed by atoms with Gasteiger partial charge in [0.05, 0.1) is 27.7 Å². The Labute approximate surface area is 331 Å². The van der Waals surface area contributed by atoms with Crippen LogP contribution in [-0.2, 0) is 32.7 Å². The van der Waals surface area contributed by atoms with Crippen LogP contribution in [0.4, 0.5) is 0 Å². The number of ether oxygens (including phenoxy) is 2. The first-order valence-electron chi connectivity index (χ1n) is 21.4. The zero-order valence-corrected chi connectivity index (χ0v) is 36.0. The van der Waals surface area contributed by atoms with Gasteiger partial charge in [0.2, 0.25) is 0 Å². The van der Waals surface area contributed by atoms with Crippen molar-refractivity contribution < 1.29 is 42.1 Å². The van der Waals surface area contributed by atoms with Gasteiger partial charge in [-0.2, -0.15) is 0 Å². The van der Waals surface area contributed by atoms with Crippen LogP contribution in [-0.4, -0.2) is 70.0 Å². The van der Waals surface area contributed by atoms with Gasteiger partial charge in [-0.3, -0.25) is 9.36 Å². The molecule has 0 aliphatic heterocycles. The zero-order chi connectivity index (χ0) is 40.0. The number of carbonyl (C=O) groups excluding carboxylic acids is 2. The van der Waals surface area contributed by atoms with E-state index >= 15 is 0 Å². The minimum Gasteiger partial charge on any atom is -0.756 e. The van der Waals surface area contributed by atoms with Crippen molar-refractivity contribution >= 4 is 19.8 Å². The van der Waals surface area contributed by atoms with Crippen molar-refractivity contribution in [2.24, 2.45) is 0 Å². The summed E-state index contributed by atoms with van der Waals surface area (Å²) in [5.74, 6) is -1.58. The highest BCUT2D eigenvalue weighted by molar-refractivity contribution is 7.45. The molecule has 0 saturated heterocycles. The van der Waals surface area contributed by atoms with E-state index in [2.05, 4.69) is 62.5 Å². The van der Waals surface area contributed by atoms with Crippen molar-refractivity contribution in [2.75, 3.05) is 47.5 Å². The Kier molecular flexibility index (Phi) is 35.5. The number of unbranched alkanes of at least 4 members (excludes halogenated alkanes) is 17. The van der Waals surface area contributed by atoms with Gasteiger partial charge in [0.25, 0.3) is 7.82 Å². The minimum atomic E-state index is -4.68. The lowest BCUT2D eigenvalue weighted by atomic mass is 10.0. The predicted octanol–water partition coefficient (Wildman–Crippen LogP) is 11.3. The Morgan fingerprint density at radius 1 is 0.593 bits per heavy atom. The quantitative estimate of drug-likeness (QED) is 0.0152. The maximum absolute atomic E-state index is 12.9. The molecule has 0 heterocycles. The molecule has 0 bridgehead atoms. The number of quaternary nitrogens is 1. The normalized spacial score (nSPS) is 14.2. The predicted molar refractivity (Wildman–Crippen MR) is 222 cm³/mol. The average molecular weight is 782 g/mol. The summed E-state index contributed by atoms with van der Waals surface area (Å²) in [5, 5.41) is 0. The molecule has 0 aromatic rings. The molecule has 2 atom stereocenters. The molecule has 10 heteroatoms. The lowest BCUT2D eigenvalue weighted by Gasteiger charge is -2.28. The van der Waals surface area contributed by atoms with Crippen molar-refractivity contribution in [3.05, 3.63) is 48.6 Å². The number of esters is 2. The first-order chi connectivity index (χ1) is 26.0. The summed E-state index contributed by atoms with van der Waals surface area (Å²) in [6.07, 6.45) is 41.8. The van der Waals surface area contributed by atoms with Gasteiger partial charge in [-0.1, -0.05) is 152 Å². The summed E-state index contributed by atoms with van der Waals surface area (Å²) < 4.78 is 33.6. The molecule has 9 nitrogen and oxygen atoms in total. The van der Waals surface area contributed by atoms with E-state index < -0.39 is 32.5 Å². The zero-order valence-electron chi connectivity index (χ0n) is 35.2. The van der Waals surface area contributed by atoms with E-state index in [0.717, 1.165) is 51.4 Å². The maximum atomic E-state index is 12.9. The molecule has 0 N–H and O–H groups in total. The fraction of sp³-hybridized carbons (Fsp3) is 0.773. The third-order valence-electron chi connectivity index (χ3n) is 8.90. The van der Waals surface area contributed by atoms with Crippen molar-refractivity contribution in [3.63, 3.8) is 0 Å². The fourth-order valence-electron chi connectivity index (χ4n) is 5.47. The Morgan fingerprint density at radius 3 is 1.54 bits per heavy atom. The monoisotopic (exact) mass is 782 g/mol. The summed E-state index contributed by atoms with van der Waals surface area (Å²) in [4.78, 5) is 37.7. The topological polar surface area (TPSA) is 111 Å². The van der Waals surface area contributed by atoms with Crippen LogP contribution in [0, 0.1) is 0 Å². The van der Waals surface area contributed by atoms with Crippen LogP contribution < -0.4 is 4.89 Å². The lowest BCUT2D eigenvalue weighted by Crippen LogP contribution is -2.38. The summed E-state index contributed by atoms with van der Waals surface area (Å²) >= 11 is 0. The van der Waals surface area contributed by atoms with Crippen LogP contribution in [0.15, 0.2) is 48.6 Å². The van der Waals surface area contributed by atoms with E-state index in [0.29, 0.717) is 23.9 Å². The van der Waals surface area contributed by atoms with Crippen LogP contribution in [0.2, 0.25) is 0 Å². The van der Waals surface area contributed by atoms with E-state index in [4.69, 9.17) is 18.5 Å². The number of allylic oxidation sites excluding steroid dienone is 8. The summed E-state index contributed by atoms with van der Waals surface area (Å²) in [6, 6.07) is 0. The summed E-state index contributed by atoms with van der Waals surface area (Å²) in [6.45, 7) is 4.43. The number of nitrogens with zero attached hydrogens (tertiary/aromatic N) is 1. The van der Waals surface area contributed by atoms with Gasteiger partial charge in [0.15, 0.2) is 6.10 Å². The minimum absolute atomic E-state index is 0.0602. The molecular formula is C44H80NO8P. The van der Waals surface area contributed by atoms with Crippen LogP contribution >= 0.6 is 7.82 Å². The molecule has 54 heavy (non-hydrogen) atoms. The molecule has 1 unspecified atom stereocenters. The fourth-order valence-corrected chi connectivity index (χ4v) is 6.17. The van der Waals surface area contributed by atoms with E-state index in [9.17, 15) is 19.0 Å². The first-order valence-corrected chi connectivity index (χ1v) is 22.8. The van der Waals surface area contributed by atoms with Crippen LogP contribution in [0.3, 0.4) is 0 Å². The Hall–Kier alpha value is -1.87. The average Bonchev–Trinajstić information content (AvgIpc) is 3.11. The molecule has 0 amide bonds. The van der Waals surface area contributed by atoms with Crippen molar-refractivity contribution in [1.82, 2.24) is 0 Å². The third kappa shape index (κ3) is 38.4. The van der Waals surface area contributed by atoms with Gasteiger partial charge in [0.1, 0.15) is 13.2 Å². The highest BCUT2D eigenvalue weighted by Gasteiger charge is 2.26.